The Morgan fingerprint density at radius 3 is 2.33 bits per heavy atom. The minimum absolute atomic E-state index is 0.135. The topological polar surface area (TPSA) is 125 Å². The summed E-state index contributed by atoms with van der Waals surface area (Å²) in [5, 5.41) is 30.1. The highest BCUT2D eigenvalue weighted by Crippen LogP contribution is 2.38. The van der Waals surface area contributed by atoms with Gasteiger partial charge in [-0.25, -0.2) is 9.80 Å². The molecule has 2 heterocycles. The summed E-state index contributed by atoms with van der Waals surface area (Å²) in [7, 11) is 0. The molecule has 1 atom stereocenters. The van der Waals surface area contributed by atoms with E-state index in [2.05, 4.69) is 10.4 Å². The van der Waals surface area contributed by atoms with Gasteiger partial charge in [-0.2, -0.15) is 5.10 Å². The number of hydrazone groups is 1. The first-order chi connectivity index (χ1) is 16.0. The molecule has 2 aliphatic rings. The Kier molecular flexibility index (Phi) is 4.71. The second-order valence-corrected chi connectivity index (χ2v) is 7.46. The number of carbonyl (C=O) groups excluding carboxylic acids is 1. The molecule has 0 aliphatic carbocycles. The maximum absolute atomic E-state index is 13.4. The predicted molar refractivity (Wildman–Crippen MR) is 122 cm³/mol. The zero-order valence-electron chi connectivity index (χ0n) is 17.0. The molecule has 0 spiro atoms. The number of non-ortho nitro benzene ring substituents is 1. The lowest BCUT2D eigenvalue weighted by Gasteiger charge is -2.37. The van der Waals surface area contributed by atoms with E-state index in [-0.39, 0.29) is 28.6 Å². The van der Waals surface area contributed by atoms with Crippen LogP contribution in [0.4, 0.5) is 17.1 Å². The molecule has 3 aromatic rings. The summed E-state index contributed by atoms with van der Waals surface area (Å²) in [5.41, 5.74) is 2.13. The van der Waals surface area contributed by atoms with Crippen molar-refractivity contribution in [3.8, 4) is 0 Å². The van der Waals surface area contributed by atoms with Crippen LogP contribution in [0.1, 0.15) is 15.9 Å². The van der Waals surface area contributed by atoms with Crippen LogP contribution in [0.25, 0.3) is 5.57 Å². The number of nitrogens with zero attached hydrogens (tertiary/aromatic N) is 3. The molecule has 33 heavy (non-hydrogen) atoms. The molecule has 0 saturated carbocycles. The monoisotopic (exact) mass is 440 g/mol. The van der Waals surface area contributed by atoms with E-state index in [9.17, 15) is 24.8 Å². The molecule has 1 unspecified atom stereocenters. The van der Waals surface area contributed by atoms with Crippen molar-refractivity contribution >= 4 is 40.1 Å². The number of hydrogen-bond donors (Lipinski definition) is 2. The number of nitro benzene ring substituents is 1. The molecular formula is C24H16N4O5. The molecule has 9 heteroatoms. The third kappa shape index (κ3) is 3.32. The number of anilines is 2. The van der Waals surface area contributed by atoms with Gasteiger partial charge in [0.2, 0.25) is 5.78 Å². The zero-order valence-corrected chi connectivity index (χ0v) is 17.0. The third-order valence-electron chi connectivity index (χ3n) is 5.53. The van der Waals surface area contributed by atoms with Crippen molar-refractivity contribution in [2.75, 3.05) is 10.3 Å². The van der Waals surface area contributed by atoms with E-state index in [0.717, 1.165) is 5.01 Å². The van der Waals surface area contributed by atoms with Crippen LogP contribution in [-0.2, 0) is 4.79 Å². The third-order valence-corrected chi connectivity index (χ3v) is 5.53. The fraction of sp³-hybridized carbons (Fsp3) is 0.0417. The SMILES string of the molecule is O=C(O)C1=C(c2ccccc2)C2Nc3ccccc3C(=O)C2=NN1c1ccc([N+](=O)[O-])cc1. The molecule has 0 amide bonds. The van der Waals surface area contributed by atoms with Crippen LogP contribution in [0.15, 0.2) is 89.7 Å². The second-order valence-electron chi connectivity index (χ2n) is 7.46. The van der Waals surface area contributed by atoms with Gasteiger partial charge < -0.3 is 10.4 Å². The molecule has 9 nitrogen and oxygen atoms in total. The molecular weight excluding hydrogens is 424 g/mol. The smallest absolute Gasteiger partial charge is 0.354 e. The van der Waals surface area contributed by atoms with E-state index in [1.165, 1.54) is 24.3 Å². The lowest BCUT2D eigenvalue weighted by atomic mass is 9.85. The number of carboxylic acids is 1. The van der Waals surface area contributed by atoms with Crippen LogP contribution in [0, 0.1) is 10.1 Å². The van der Waals surface area contributed by atoms with Gasteiger partial charge in [-0.1, -0.05) is 42.5 Å². The number of benzene rings is 3. The maximum atomic E-state index is 13.4. The van der Waals surface area contributed by atoms with Crippen LogP contribution in [0.3, 0.4) is 0 Å². The van der Waals surface area contributed by atoms with Crippen LogP contribution in [-0.4, -0.2) is 33.5 Å². The van der Waals surface area contributed by atoms with Crippen LogP contribution >= 0.6 is 0 Å². The number of fused-ring (bicyclic) bond motifs is 2. The molecule has 0 fully saturated rings. The first-order valence-electron chi connectivity index (χ1n) is 10.0. The summed E-state index contributed by atoms with van der Waals surface area (Å²) in [5.74, 6) is -1.57. The fourth-order valence-electron chi connectivity index (χ4n) is 4.05. The van der Waals surface area contributed by atoms with E-state index >= 15 is 0 Å². The summed E-state index contributed by atoms with van der Waals surface area (Å²) in [6.07, 6.45) is 0. The highest BCUT2D eigenvalue weighted by atomic mass is 16.6. The van der Waals surface area contributed by atoms with Gasteiger partial charge in [-0.15, -0.1) is 0 Å². The number of nitrogens with one attached hydrogen (secondary N) is 1. The van der Waals surface area contributed by atoms with E-state index in [1.807, 2.05) is 6.07 Å². The molecule has 0 saturated heterocycles. The van der Waals surface area contributed by atoms with Crippen LogP contribution in [0.2, 0.25) is 0 Å². The van der Waals surface area contributed by atoms with Gasteiger partial charge in [-0.3, -0.25) is 14.9 Å². The van der Waals surface area contributed by atoms with Gasteiger partial charge >= 0.3 is 5.97 Å². The van der Waals surface area contributed by atoms with E-state index in [4.69, 9.17) is 0 Å². The summed E-state index contributed by atoms with van der Waals surface area (Å²) in [4.78, 5) is 36.4. The van der Waals surface area contributed by atoms with Crippen molar-refractivity contribution in [3.05, 3.63) is 106 Å². The number of aliphatic carboxylic acids is 1. The summed E-state index contributed by atoms with van der Waals surface area (Å²) in [6.45, 7) is 0. The number of Topliss-reactive ketones (excluding diaryl/α,β-unsaturated/α-hetero) is 1. The molecule has 0 radical (unpaired) electrons. The first kappa shape index (κ1) is 20.1. The van der Waals surface area contributed by atoms with Gasteiger partial charge in [0.1, 0.15) is 11.8 Å². The quantitative estimate of drug-likeness (QED) is 0.465. The molecule has 0 bridgehead atoms. The molecule has 162 valence electrons. The number of ketones is 1. The summed E-state index contributed by atoms with van der Waals surface area (Å²) < 4.78 is 0. The Hall–Kier alpha value is -4.79. The number of rotatable bonds is 4. The Morgan fingerprint density at radius 1 is 1.00 bits per heavy atom. The average molecular weight is 440 g/mol. The highest BCUT2D eigenvalue weighted by molar-refractivity contribution is 6.53. The number of carboxylic acid groups (broad SMARTS) is 1. The van der Waals surface area contributed by atoms with Gasteiger partial charge in [0.15, 0.2) is 5.70 Å². The first-order valence-corrected chi connectivity index (χ1v) is 10.0. The Labute approximate surface area is 187 Å². The van der Waals surface area contributed by atoms with Crippen molar-refractivity contribution in [3.63, 3.8) is 0 Å². The second kappa shape index (κ2) is 7.72. The number of hydrogen-bond acceptors (Lipinski definition) is 7. The number of nitro groups is 1. The molecule has 2 N–H and O–H groups in total. The van der Waals surface area contributed by atoms with Gasteiger partial charge in [0, 0.05) is 29.0 Å². The molecule has 3 aromatic carbocycles. The van der Waals surface area contributed by atoms with Crippen molar-refractivity contribution in [2.45, 2.75) is 6.04 Å². The van der Waals surface area contributed by atoms with Crippen LogP contribution < -0.4 is 10.3 Å². The van der Waals surface area contributed by atoms with Crippen LogP contribution in [0.5, 0.6) is 0 Å². The Balaban J connectivity index is 1.76. The lowest BCUT2D eigenvalue weighted by Crippen LogP contribution is -2.47. The minimum Gasteiger partial charge on any atom is -0.476 e. The van der Waals surface area contributed by atoms with Gasteiger partial charge in [0.05, 0.1) is 10.6 Å². The number of para-hydroxylation sites is 1. The van der Waals surface area contributed by atoms with Crippen molar-refractivity contribution in [1.82, 2.24) is 0 Å². The van der Waals surface area contributed by atoms with Gasteiger partial charge in [0.25, 0.3) is 5.69 Å². The molecule has 5 rings (SSSR count). The van der Waals surface area contributed by atoms with Crippen molar-refractivity contribution in [1.29, 1.82) is 0 Å². The Morgan fingerprint density at radius 2 is 1.67 bits per heavy atom. The zero-order chi connectivity index (χ0) is 23.1. The Bertz CT molecular complexity index is 1360. The number of carbonyl (C=O) groups is 2. The largest absolute Gasteiger partial charge is 0.476 e. The van der Waals surface area contributed by atoms with E-state index in [1.54, 1.807) is 48.5 Å². The fourth-order valence-corrected chi connectivity index (χ4v) is 4.05. The normalized spacial score (nSPS) is 17.0. The average Bonchev–Trinajstić information content (AvgIpc) is 2.84. The van der Waals surface area contributed by atoms with Gasteiger partial charge in [-0.05, 0) is 29.8 Å². The standard InChI is InChI=1S/C24H16N4O5/c29-23-17-8-4-5-9-18(17)25-20-19(14-6-2-1-3-7-14)22(24(30)31)27(26-21(20)23)15-10-12-16(13-11-15)28(32)33/h1-13,20,25H,(H,30,31). The van der Waals surface area contributed by atoms with Crippen molar-refractivity contribution < 1.29 is 19.6 Å². The lowest BCUT2D eigenvalue weighted by molar-refractivity contribution is -0.384. The molecule has 2 aliphatic heterocycles. The van der Waals surface area contributed by atoms with Crippen molar-refractivity contribution in [2.24, 2.45) is 5.10 Å². The molecule has 0 aromatic heterocycles. The summed E-state index contributed by atoms with van der Waals surface area (Å²) >= 11 is 0. The van der Waals surface area contributed by atoms with E-state index in [0.29, 0.717) is 22.4 Å². The predicted octanol–water partition coefficient (Wildman–Crippen LogP) is 3.94. The maximum Gasteiger partial charge on any atom is 0.354 e. The summed E-state index contributed by atoms with van der Waals surface area (Å²) in [6, 6.07) is 20.4. The van der Waals surface area contributed by atoms with E-state index < -0.39 is 16.9 Å². The minimum atomic E-state index is -1.25. The highest BCUT2D eigenvalue weighted by Gasteiger charge is 2.42.